The number of aliphatic hydroxyl groups excluding tert-OH is 1. The third kappa shape index (κ3) is 2.64. The Bertz CT molecular complexity index is 293. The molecule has 0 aliphatic carbocycles. The van der Waals surface area contributed by atoms with Crippen molar-refractivity contribution in [2.24, 2.45) is 0 Å². The molecular formula is C9H16N2O3S. The van der Waals surface area contributed by atoms with E-state index in [1.165, 1.54) is 0 Å². The zero-order valence-corrected chi connectivity index (χ0v) is 9.93. The number of carbonyl (C=O) groups is 1. The second-order valence-corrected chi connectivity index (χ2v) is 4.46. The summed E-state index contributed by atoms with van der Waals surface area (Å²) in [5.41, 5.74) is 0.932. The van der Waals surface area contributed by atoms with Crippen LogP contribution in [-0.4, -0.2) is 49.1 Å². The van der Waals surface area contributed by atoms with Gasteiger partial charge in [-0.25, -0.2) is 0 Å². The van der Waals surface area contributed by atoms with Gasteiger partial charge in [0.2, 0.25) is 0 Å². The molecule has 1 aliphatic heterocycles. The first-order chi connectivity index (χ1) is 6.97. The average Bonchev–Trinajstić information content (AvgIpc) is 2.41. The summed E-state index contributed by atoms with van der Waals surface area (Å²) in [6.45, 7) is 0.797. The standard InChI is InChI=1S/C9H16N2O3S/c1-10-5-11(2)8(15-3)6(10)4-7(12)9(13)14/h7,12H,4-5H2,1-3H3,(H,13,14). The molecule has 0 fully saturated rings. The van der Waals surface area contributed by atoms with Crippen molar-refractivity contribution in [1.82, 2.24) is 4.90 Å². The van der Waals surface area contributed by atoms with Crippen molar-refractivity contribution in [1.29, 1.82) is 0 Å². The maximum absolute atomic E-state index is 10.5. The summed E-state index contributed by atoms with van der Waals surface area (Å²) in [5.74, 6) is -1.41. The second-order valence-electron chi connectivity index (χ2n) is 3.66. The van der Waals surface area contributed by atoms with Gasteiger partial charge in [-0.1, -0.05) is 0 Å². The minimum absolute atomic E-state index is 0.134. The Morgan fingerprint density at radius 3 is 2.87 bits per heavy atom. The SMILES string of the molecule is CSC1=C(CC(O)C(=O)[O-])[NH+](C)CN1C. The summed E-state index contributed by atoms with van der Waals surface area (Å²) in [5, 5.41) is 20.8. The van der Waals surface area contributed by atoms with Gasteiger partial charge >= 0.3 is 0 Å². The highest BCUT2D eigenvalue weighted by Gasteiger charge is 2.30. The summed E-state index contributed by atoms with van der Waals surface area (Å²) >= 11 is 1.57. The smallest absolute Gasteiger partial charge is 0.157 e. The van der Waals surface area contributed by atoms with Crippen molar-refractivity contribution >= 4 is 17.7 Å². The lowest BCUT2D eigenvalue weighted by molar-refractivity contribution is -0.842. The van der Waals surface area contributed by atoms with E-state index in [0.29, 0.717) is 0 Å². The zero-order chi connectivity index (χ0) is 11.6. The Morgan fingerprint density at radius 1 is 1.80 bits per heavy atom. The van der Waals surface area contributed by atoms with E-state index in [-0.39, 0.29) is 6.42 Å². The van der Waals surface area contributed by atoms with Gasteiger partial charge in [0, 0.05) is 7.05 Å². The summed E-state index contributed by atoms with van der Waals surface area (Å²) in [6, 6.07) is 0. The van der Waals surface area contributed by atoms with Gasteiger partial charge in [0.05, 0.1) is 19.4 Å². The first-order valence-corrected chi connectivity index (χ1v) is 5.89. The molecule has 0 aromatic heterocycles. The quantitative estimate of drug-likeness (QED) is 0.558. The molecule has 15 heavy (non-hydrogen) atoms. The number of nitrogens with zero attached hydrogens (tertiary/aromatic N) is 1. The van der Waals surface area contributed by atoms with E-state index < -0.39 is 12.1 Å². The van der Waals surface area contributed by atoms with Gasteiger partial charge < -0.3 is 19.9 Å². The number of rotatable bonds is 4. The van der Waals surface area contributed by atoms with Crippen LogP contribution in [0.2, 0.25) is 0 Å². The van der Waals surface area contributed by atoms with Crippen molar-refractivity contribution in [2.75, 3.05) is 27.0 Å². The topological polar surface area (TPSA) is 68.0 Å². The highest BCUT2D eigenvalue weighted by molar-refractivity contribution is 8.02. The molecule has 0 spiro atoms. The Labute approximate surface area is 93.4 Å². The lowest BCUT2D eigenvalue weighted by Crippen LogP contribution is -3.06. The van der Waals surface area contributed by atoms with Gasteiger partial charge in [-0.3, -0.25) is 4.90 Å². The van der Waals surface area contributed by atoms with Crippen LogP contribution in [0.4, 0.5) is 0 Å². The first kappa shape index (κ1) is 12.4. The fourth-order valence-corrected chi connectivity index (χ4v) is 2.63. The van der Waals surface area contributed by atoms with E-state index >= 15 is 0 Å². The van der Waals surface area contributed by atoms with E-state index in [0.717, 1.165) is 22.3 Å². The molecule has 6 heteroatoms. The molecule has 2 atom stereocenters. The van der Waals surface area contributed by atoms with Crippen molar-refractivity contribution < 1.29 is 19.9 Å². The molecule has 0 saturated heterocycles. The predicted molar refractivity (Wildman–Crippen MR) is 55.7 cm³/mol. The third-order valence-corrected chi connectivity index (χ3v) is 3.40. The lowest BCUT2D eigenvalue weighted by atomic mass is 10.2. The number of carboxylic acids is 1. The van der Waals surface area contributed by atoms with E-state index in [1.807, 2.05) is 20.4 Å². The third-order valence-electron chi connectivity index (χ3n) is 2.46. The van der Waals surface area contributed by atoms with E-state index in [2.05, 4.69) is 4.90 Å². The normalized spacial score (nSPS) is 23.5. The summed E-state index contributed by atoms with van der Waals surface area (Å²) in [7, 11) is 3.91. The fraction of sp³-hybridized carbons (Fsp3) is 0.667. The molecule has 0 bridgehead atoms. The van der Waals surface area contributed by atoms with Crippen molar-refractivity contribution in [3.05, 3.63) is 10.7 Å². The van der Waals surface area contributed by atoms with Crippen molar-refractivity contribution in [3.8, 4) is 0 Å². The van der Waals surface area contributed by atoms with Crippen molar-refractivity contribution in [3.63, 3.8) is 0 Å². The average molecular weight is 232 g/mol. The van der Waals surface area contributed by atoms with Gasteiger partial charge in [-0.05, 0) is 6.26 Å². The van der Waals surface area contributed by atoms with Crippen LogP contribution in [0.25, 0.3) is 0 Å². The van der Waals surface area contributed by atoms with Crippen LogP contribution in [0.1, 0.15) is 6.42 Å². The molecule has 2 N–H and O–H groups in total. The number of carbonyl (C=O) groups excluding carboxylic acids is 1. The zero-order valence-electron chi connectivity index (χ0n) is 9.11. The Balaban J connectivity index is 2.81. The van der Waals surface area contributed by atoms with Crippen molar-refractivity contribution in [2.45, 2.75) is 12.5 Å². The molecular weight excluding hydrogens is 216 g/mol. The molecule has 2 unspecified atom stereocenters. The molecule has 86 valence electrons. The van der Waals surface area contributed by atoms with Crippen LogP contribution in [0, 0.1) is 0 Å². The number of thioether (sulfide) groups is 1. The van der Waals surface area contributed by atoms with E-state index in [9.17, 15) is 15.0 Å². The number of nitrogens with one attached hydrogen (secondary N) is 1. The van der Waals surface area contributed by atoms with Crippen LogP contribution in [0.15, 0.2) is 10.7 Å². The molecule has 1 aliphatic rings. The minimum atomic E-state index is -1.41. The first-order valence-electron chi connectivity index (χ1n) is 4.67. The van der Waals surface area contributed by atoms with Gasteiger partial charge in [0.15, 0.2) is 6.67 Å². The van der Waals surface area contributed by atoms with Gasteiger partial charge in [0.25, 0.3) is 0 Å². The van der Waals surface area contributed by atoms with Gasteiger partial charge in [0.1, 0.15) is 16.8 Å². The summed E-state index contributed by atoms with van der Waals surface area (Å²) < 4.78 is 0. The number of hydrogen-bond donors (Lipinski definition) is 2. The van der Waals surface area contributed by atoms with Crippen LogP contribution in [0.3, 0.4) is 0 Å². The Hall–Kier alpha value is -0.720. The summed E-state index contributed by atoms with van der Waals surface area (Å²) in [4.78, 5) is 13.6. The largest absolute Gasteiger partial charge is 0.547 e. The highest BCUT2D eigenvalue weighted by Crippen LogP contribution is 2.22. The number of quaternary nitrogens is 1. The summed E-state index contributed by atoms with van der Waals surface area (Å²) in [6.07, 6.45) is 0.661. The number of aliphatic carboxylic acids is 1. The highest BCUT2D eigenvalue weighted by atomic mass is 32.2. The second kappa shape index (κ2) is 4.87. The predicted octanol–water partition coefficient (Wildman–Crippen LogP) is -2.56. The lowest BCUT2D eigenvalue weighted by Gasteiger charge is -2.14. The maximum Gasteiger partial charge on any atom is 0.157 e. The molecule has 0 aromatic rings. The Morgan fingerprint density at radius 2 is 2.40 bits per heavy atom. The molecule has 0 saturated carbocycles. The number of aliphatic hydroxyl groups is 1. The van der Waals surface area contributed by atoms with E-state index in [1.54, 1.807) is 11.8 Å². The number of hydrogen-bond acceptors (Lipinski definition) is 5. The van der Waals surface area contributed by atoms with Gasteiger partial charge in [-0.2, -0.15) is 0 Å². The monoisotopic (exact) mass is 232 g/mol. The van der Waals surface area contributed by atoms with Crippen LogP contribution >= 0.6 is 11.8 Å². The van der Waals surface area contributed by atoms with Crippen LogP contribution in [-0.2, 0) is 4.79 Å². The van der Waals surface area contributed by atoms with Crippen LogP contribution in [0.5, 0.6) is 0 Å². The minimum Gasteiger partial charge on any atom is -0.547 e. The molecule has 0 aromatic carbocycles. The van der Waals surface area contributed by atoms with Gasteiger partial charge in [-0.15, -0.1) is 11.8 Å². The molecule has 0 amide bonds. The maximum atomic E-state index is 10.5. The van der Waals surface area contributed by atoms with E-state index in [4.69, 9.17) is 0 Å². The number of carboxylic acid groups (broad SMARTS) is 1. The fourth-order valence-electron chi connectivity index (χ4n) is 1.75. The molecule has 5 nitrogen and oxygen atoms in total. The molecule has 1 heterocycles. The molecule has 1 rings (SSSR count). The Kier molecular flexibility index (Phi) is 4.01. The van der Waals surface area contributed by atoms with Crippen LogP contribution < -0.4 is 10.0 Å². The molecule has 0 radical (unpaired) electrons.